The highest BCUT2D eigenvalue weighted by atomic mass is 16.2. The Balaban J connectivity index is 2.28. The number of rotatable bonds is 5. The molecule has 1 rings (SSSR count). The number of hydrogen-bond donors (Lipinski definition) is 2. The van der Waals surface area contributed by atoms with Crippen molar-refractivity contribution in [1.29, 1.82) is 0 Å². The van der Waals surface area contributed by atoms with Crippen molar-refractivity contribution >= 4 is 5.91 Å². The average molecular weight is 212 g/mol. The second-order valence-corrected chi connectivity index (χ2v) is 4.79. The van der Waals surface area contributed by atoms with Crippen molar-refractivity contribution in [2.75, 3.05) is 13.1 Å². The van der Waals surface area contributed by atoms with Crippen LogP contribution in [0.4, 0.5) is 0 Å². The zero-order valence-electron chi connectivity index (χ0n) is 10.2. The molecule has 0 aliphatic carbocycles. The lowest BCUT2D eigenvalue weighted by molar-refractivity contribution is -0.126. The number of hydrogen-bond acceptors (Lipinski definition) is 2. The molecule has 15 heavy (non-hydrogen) atoms. The van der Waals surface area contributed by atoms with Crippen LogP contribution >= 0.6 is 0 Å². The standard InChI is InChI=1S/C12H24N2O/c1-4-5-6-10(3)14-12(15)11-8-13-7-9(11)2/h9-11,13H,4-8H2,1-3H3,(H,14,15). The Morgan fingerprint density at radius 1 is 1.53 bits per heavy atom. The molecule has 1 aliphatic heterocycles. The Hall–Kier alpha value is -0.570. The van der Waals surface area contributed by atoms with Crippen LogP contribution in [0.25, 0.3) is 0 Å². The van der Waals surface area contributed by atoms with Gasteiger partial charge in [0.1, 0.15) is 0 Å². The largest absolute Gasteiger partial charge is 0.353 e. The molecular weight excluding hydrogens is 188 g/mol. The van der Waals surface area contributed by atoms with Crippen molar-refractivity contribution in [3.63, 3.8) is 0 Å². The van der Waals surface area contributed by atoms with Gasteiger partial charge in [-0.3, -0.25) is 4.79 Å². The number of carbonyl (C=O) groups is 1. The maximum absolute atomic E-state index is 11.9. The van der Waals surface area contributed by atoms with Gasteiger partial charge in [-0.25, -0.2) is 0 Å². The lowest BCUT2D eigenvalue weighted by Gasteiger charge is -2.18. The SMILES string of the molecule is CCCCC(C)NC(=O)C1CNCC1C. The maximum atomic E-state index is 11.9. The van der Waals surface area contributed by atoms with Crippen molar-refractivity contribution in [1.82, 2.24) is 10.6 Å². The lowest BCUT2D eigenvalue weighted by Crippen LogP contribution is -2.39. The van der Waals surface area contributed by atoms with Gasteiger partial charge in [-0.05, 0) is 25.8 Å². The van der Waals surface area contributed by atoms with Crippen molar-refractivity contribution < 1.29 is 4.79 Å². The summed E-state index contributed by atoms with van der Waals surface area (Å²) < 4.78 is 0. The van der Waals surface area contributed by atoms with Crippen LogP contribution in [-0.4, -0.2) is 25.0 Å². The van der Waals surface area contributed by atoms with Gasteiger partial charge in [0.25, 0.3) is 0 Å². The van der Waals surface area contributed by atoms with Gasteiger partial charge in [0, 0.05) is 12.6 Å². The monoisotopic (exact) mass is 212 g/mol. The van der Waals surface area contributed by atoms with Crippen LogP contribution < -0.4 is 10.6 Å². The van der Waals surface area contributed by atoms with E-state index in [0.29, 0.717) is 12.0 Å². The molecule has 88 valence electrons. The molecule has 0 bridgehead atoms. The van der Waals surface area contributed by atoms with E-state index in [0.717, 1.165) is 19.5 Å². The fourth-order valence-electron chi connectivity index (χ4n) is 2.09. The van der Waals surface area contributed by atoms with Crippen LogP contribution in [0.15, 0.2) is 0 Å². The van der Waals surface area contributed by atoms with E-state index >= 15 is 0 Å². The first-order valence-corrected chi connectivity index (χ1v) is 6.16. The molecule has 0 aromatic carbocycles. The van der Waals surface area contributed by atoms with Gasteiger partial charge in [0.15, 0.2) is 0 Å². The molecule has 1 fully saturated rings. The van der Waals surface area contributed by atoms with E-state index in [9.17, 15) is 4.79 Å². The summed E-state index contributed by atoms with van der Waals surface area (Å²) in [6.45, 7) is 8.23. The summed E-state index contributed by atoms with van der Waals surface area (Å²) in [5, 5.41) is 6.37. The van der Waals surface area contributed by atoms with Crippen LogP contribution in [0.5, 0.6) is 0 Å². The van der Waals surface area contributed by atoms with Gasteiger partial charge < -0.3 is 10.6 Å². The normalized spacial score (nSPS) is 27.7. The quantitative estimate of drug-likeness (QED) is 0.726. The summed E-state index contributed by atoms with van der Waals surface area (Å²) in [6.07, 6.45) is 3.48. The minimum absolute atomic E-state index is 0.175. The van der Waals surface area contributed by atoms with E-state index in [1.807, 2.05) is 0 Å². The first-order valence-electron chi connectivity index (χ1n) is 6.16. The third kappa shape index (κ3) is 3.82. The Morgan fingerprint density at radius 2 is 2.27 bits per heavy atom. The predicted octanol–water partition coefficient (Wildman–Crippen LogP) is 1.54. The molecule has 1 saturated heterocycles. The number of nitrogens with one attached hydrogen (secondary N) is 2. The maximum Gasteiger partial charge on any atom is 0.224 e. The Labute approximate surface area is 93.0 Å². The Bertz CT molecular complexity index is 206. The fourth-order valence-corrected chi connectivity index (χ4v) is 2.09. The van der Waals surface area contributed by atoms with Crippen LogP contribution in [0.3, 0.4) is 0 Å². The topological polar surface area (TPSA) is 41.1 Å². The molecular formula is C12H24N2O. The van der Waals surface area contributed by atoms with Crippen LogP contribution in [0.2, 0.25) is 0 Å². The molecule has 0 spiro atoms. The van der Waals surface area contributed by atoms with Gasteiger partial charge in [0.2, 0.25) is 5.91 Å². The fraction of sp³-hybridized carbons (Fsp3) is 0.917. The predicted molar refractivity (Wildman–Crippen MR) is 62.7 cm³/mol. The minimum atomic E-state index is 0.175. The van der Waals surface area contributed by atoms with E-state index in [-0.39, 0.29) is 11.8 Å². The summed E-state index contributed by atoms with van der Waals surface area (Å²) in [6, 6.07) is 0.324. The number of carbonyl (C=O) groups excluding carboxylic acids is 1. The van der Waals surface area contributed by atoms with Gasteiger partial charge in [-0.15, -0.1) is 0 Å². The second kappa shape index (κ2) is 6.11. The van der Waals surface area contributed by atoms with Crippen LogP contribution in [0.1, 0.15) is 40.0 Å². The van der Waals surface area contributed by atoms with Crippen LogP contribution in [0, 0.1) is 11.8 Å². The summed E-state index contributed by atoms with van der Waals surface area (Å²) in [4.78, 5) is 11.9. The molecule has 3 unspecified atom stereocenters. The smallest absolute Gasteiger partial charge is 0.224 e. The molecule has 0 aromatic rings. The highest BCUT2D eigenvalue weighted by Gasteiger charge is 2.29. The molecule has 3 heteroatoms. The molecule has 3 atom stereocenters. The van der Waals surface area contributed by atoms with E-state index in [2.05, 4.69) is 31.4 Å². The first-order chi connectivity index (χ1) is 7.15. The number of unbranched alkanes of at least 4 members (excludes halogenated alkanes) is 1. The van der Waals surface area contributed by atoms with Gasteiger partial charge in [-0.1, -0.05) is 26.7 Å². The highest BCUT2D eigenvalue weighted by Crippen LogP contribution is 2.16. The summed E-state index contributed by atoms with van der Waals surface area (Å²) in [7, 11) is 0. The molecule has 0 saturated carbocycles. The van der Waals surface area contributed by atoms with E-state index in [1.165, 1.54) is 12.8 Å². The molecule has 0 radical (unpaired) electrons. The molecule has 3 nitrogen and oxygen atoms in total. The zero-order valence-corrected chi connectivity index (χ0v) is 10.2. The van der Waals surface area contributed by atoms with Crippen LogP contribution in [-0.2, 0) is 4.79 Å². The third-order valence-corrected chi connectivity index (χ3v) is 3.23. The van der Waals surface area contributed by atoms with E-state index in [4.69, 9.17) is 0 Å². The zero-order chi connectivity index (χ0) is 11.3. The Morgan fingerprint density at radius 3 is 2.80 bits per heavy atom. The van der Waals surface area contributed by atoms with Gasteiger partial charge in [-0.2, -0.15) is 0 Å². The average Bonchev–Trinajstić information content (AvgIpc) is 2.61. The molecule has 2 N–H and O–H groups in total. The van der Waals surface area contributed by atoms with Crippen molar-refractivity contribution in [2.24, 2.45) is 11.8 Å². The molecule has 1 amide bonds. The second-order valence-electron chi connectivity index (χ2n) is 4.79. The van der Waals surface area contributed by atoms with Gasteiger partial charge >= 0.3 is 0 Å². The molecule has 1 aliphatic rings. The minimum Gasteiger partial charge on any atom is -0.353 e. The Kier molecular flexibility index (Phi) is 5.09. The lowest BCUT2D eigenvalue weighted by atomic mass is 9.97. The third-order valence-electron chi connectivity index (χ3n) is 3.23. The number of amides is 1. The summed E-state index contributed by atoms with van der Waals surface area (Å²) in [5.41, 5.74) is 0. The van der Waals surface area contributed by atoms with Crippen molar-refractivity contribution in [2.45, 2.75) is 46.1 Å². The van der Waals surface area contributed by atoms with E-state index in [1.54, 1.807) is 0 Å². The van der Waals surface area contributed by atoms with Crippen molar-refractivity contribution in [3.05, 3.63) is 0 Å². The highest BCUT2D eigenvalue weighted by molar-refractivity contribution is 5.79. The summed E-state index contributed by atoms with van der Waals surface area (Å²) in [5.74, 6) is 0.883. The molecule has 0 aromatic heterocycles. The first kappa shape index (κ1) is 12.5. The van der Waals surface area contributed by atoms with E-state index < -0.39 is 0 Å². The summed E-state index contributed by atoms with van der Waals surface area (Å²) >= 11 is 0. The van der Waals surface area contributed by atoms with Gasteiger partial charge in [0.05, 0.1) is 5.92 Å². The van der Waals surface area contributed by atoms with Crippen molar-refractivity contribution in [3.8, 4) is 0 Å². The molecule has 1 heterocycles.